The SMILES string of the molecule is CCN(c1ncc([N+](=O)[O-])c(C)c1Br)C1CNC1. The lowest BCUT2D eigenvalue weighted by Gasteiger charge is -2.38. The van der Waals surface area contributed by atoms with Gasteiger partial charge in [-0.3, -0.25) is 10.1 Å². The van der Waals surface area contributed by atoms with Crippen LogP contribution in [0.4, 0.5) is 11.5 Å². The molecular formula is C11H15BrN4O2. The minimum Gasteiger partial charge on any atom is -0.350 e. The normalized spacial score (nSPS) is 15.3. The van der Waals surface area contributed by atoms with Crippen molar-refractivity contribution in [3.63, 3.8) is 0 Å². The lowest BCUT2D eigenvalue weighted by molar-refractivity contribution is -0.385. The van der Waals surface area contributed by atoms with E-state index in [0.717, 1.165) is 25.5 Å². The molecule has 0 atom stereocenters. The van der Waals surface area contributed by atoms with Gasteiger partial charge in [-0.1, -0.05) is 0 Å². The van der Waals surface area contributed by atoms with Crippen LogP contribution in [-0.2, 0) is 0 Å². The highest BCUT2D eigenvalue weighted by Crippen LogP contribution is 2.33. The summed E-state index contributed by atoms with van der Waals surface area (Å²) < 4.78 is 0.713. The monoisotopic (exact) mass is 314 g/mol. The number of nitro groups is 1. The van der Waals surface area contributed by atoms with Gasteiger partial charge in [-0.25, -0.2) is 4.98 Å². The highest BCUT2D eigenvalue weighted by atomic mass is 79.9. The van der Waals surface area contributed by atoms with Crippen LogP contribution in [0.15, 0.2) is 10.7 Å². The molecule has 0 unspecified atom stereocenters. The number of pyridine rings is 1. The van der Waals surface area contributed by atoms with Gasteiger partial charge in [0.15, 0.2) is 0 Å². The lowest BCUT2D eigenvalue weighted by Crippen LogP contribution is -2.57. The second-order valence-electron chi connectivity index (χ2n) is 4.26. The Morgan fingerprint density at radius 1 is 1.67 bits per heavy atom. The van der Waals surface area contributed by atoms with Crippen molar-refractivity contribution < 1.29 is 4.92 Å². The third-order valence-electron chi connectivity index (χ3n) is 3.23. The largest absolute Gasteiger partial charge is 0.350 e. The van der Waals surface area contributed by atoms with Crippen LogP contribution in [0.2, 0.25) is 0 Å². The van der Waals surface area contributed by atoms with Gasteiger partial charge in [0.05, 0.1) is 15.4 Å². The Morgan fingerprint density at radius 2 is 2.33 bits per heavy atom. The molecule has 7 heteroatoms. The summed E-state index contributed by atoms with van der Waals surface area (Å²) in [5.74, 6) is 0.784. The second kappa shape index (κ2) is 5.19. The van der Waals surface area contributed by atoms with Crippen LogP contribution in [0, 0.1) is 17.0 Å². The molecule has 0 aliphatic carbocycles. The first kappa shape index (κ1) is 13.2. The zero-order valence-corrected chi connectivity index (χ0v) is 11.9. The summed E-state index contributed by atoms with van der Waals surface area (Å²) in [6.07, 6.45) is 1.34. The van der Waals surface area contributed by atoms with Gasteiger partial charge in [0.25, 0.3) is 5.69 Å². The van der Waals surface area contributed by atoms with E-state index in [2.05, 4.69) is 38.1 Å². The van der Waals surface area contributed by atoms with Crippen LogP contribution >= 0.6 is 15.9 Å². The Morgan fingerprint density at radius 3 is 2.78 bits per heavy atom. The Hall–Kier alpha value is -1.21. The molecule has 1 fully saturated rings. The summed E-state index contributed by atoms with van der Waals surface area (Å²) in [6, 6.07) is 0.416. The number of likely N-dealkylation sites (N-methyl/N-ethyl adjacent to an activating group) is 1. The smallest absolute Gasteiger partial charge is 0.291 e. The first-order chi connectivity index (χ1) is 8.56. The van der Waals surface area contributed by atoms with E-state index >= 15 is 0 Å². The van der Waals surface area contributed by atoms with Crippen LogP contribution < -0.4 is 10.2 Å². The van der Waals surface area contributed by atoms with E-state index < -0.39 is 4.92 Å². The highest BCUT2D eigenvalue weighted by molar-refractivity contribution is 9.10. The maximum Gasteiger partial charge on any atom is 0.291 e. The fraction of sp³-hybridized carbons (Fsp3) is 0.545. The number of rotatable bonds is 4. The highest BCUT2D eigenvalue weighted by Gasteiger charge is 2.28. The number of halogens is 1. The molecule has 2 heterocycles. The number of nitrogens with zero attached hydrogens (tertiary/aromatic N) is 3. The maximum absolute atomic E-state index is 10.8. The minimum atomic E-state index is -0.405. The molecule has 1 aliphatic rings. The number of anilines is 1. The number of nitrogens with one attached hydrogen (secondary N) is 1. The molecule has 1 N–H and O–H groups in total. The average molecular weight is 315 g/mol. The van der Waals surface area contributed by atoms with E-state index in [1.165, 1.54) is 6.20 Å². The van der Waals surface area contributed by atoms with Crippen LogP contribution in [0.25, 0.3) is 0 Å². The summed E-state index contributed by atoms with van der Waals surface area (Å²) in [6.45, 7) is 6.48. The van der Waals surface area contributed by atoms with Crippen molar-refractivity contribution in [3.8, 4) is 0 Å². The number of aromatic nitrogens is 1. The van der Waals surface area contributed by atoms with E-state index in [-0.39, 0.29) is 5.69 Å². The zero-order chi connectivity index (χ0) is 13.3. The molecule has 1 aliphatic heterocycles. The van der Waals surface area contributed by atoms with E-state index in [9.17, 15) is 10.1 Å². The summed E-state index contributed by atoms with van der Waals surface area (Å²) >= 11 is 3.43. The molecular weight excluding hydrogens is 300 g/mol. The molecule has 2 rings (SSSR count). The minimum absolute atomic E-state index is 0.0495. The summed E-state index contributed by atoms with van der Waals surface area (Å²) in [5.41, 5.74) is 0.671. The van der Waals surface area contributed by atoms with E-state index in [4.69, 9.17) is 0 Å². The van der Waals surface area contributed by atoms with Crippen molar-refractivity contribution in [2.75, 3.05) is 24.5 Å². The van der Waals surface area contributed by atoms with Gasteiger partial charge < -0.3 is 10.2 Å². The molecule has 0 radical (unpaired) electrons. The third-order valence-corrected chi connectivity index (χ3v) is 4.18. The first-order valence-corrected chi connectivity index (χ1v) is 6.62. The average Bonchev–Trinajstić information content (AvgIpc) is 2.27. The van der Waals surface area contributed by atoms with Gasteiger partial charge >= 0.3 is 0 Å². The van der Waals surface area contributed by atoms with Crippen molar-refractivity contribution in [3.05, 3.63) is 26.3 Å². The third kappa shape index (κ3) is 2.20. The Balaban J connectivity index is 2.38. The van der Waals surface area contributed by atoms with Crippen molar-refractivity contribution in [1.82, 2.24) is 10.3 Å². The molecule has 1 aromatic rings. The van der Waals surface area contributed by atoms with Gasteiger partial charge in [0.1, 0.15) is 12.0 Å². The second-order valence-corrected chi connectivity index (χ2v) is 5.05. The Labute approximate surface area is 114 Å². The molecule has 0 bridgehead atoms. The van der Waals surface area contributed by atoms with Crippen LogP contribution in [0.1, 0.15) is 12.5 Å². The van der Waals surface area contributed by atoms with Gasteiger partial charge in [-0.15, -0.1) is 0 Å². The van der Waals surface area contributed by atoms with E-state index in [0.29, 0.717) is 16.1 Å². The first-order valence-electron chi connectivity index (χ1n) is 5.83. The van der Waals surface area contributed by atoms with Crippen molar-refractivity contribution in [1.29, 1.82) is 0 Å². The summed E-state index contributed by atoms with van der Waals surface area (Å²) in [5, 5.41) is 14.1. The van der Waals surface area contributed by atoms with Gasteiger partial charge in [-0.05, 0) is 29.8 Å². The Kier molecular flexibility index (Phi) is 3.82. The molecule has 0 spiro atoms. The zero-order valence-electron chi connectivity index (χ0n) is 10.3. The quantitative estimate of drug-likeness (QED) is 0.678. The molecule has 98 valence electrons. The fourth-order valence-corrected chi connectivity index (χ4v) is 2.55. The summed E-state index contributed by atoms with van der Waals surface area (Å²) in [7, 11) is 0. The van der Waals surface area contributed by atoms with Crippen molar-refractivity contribution in [2.24, 2.45) is 0 Å². The molecule has 18 heavy (non-hydrogen) atoms. The maximum atomic E-state index is 10.8. The van der Waals surface area contributed by atoms with Gasteiger partial charge in [0, 0.05) is 25.2 Å². The van der Waals surface area contributed by atoms with Gasteiger partial charge in [0.2, 0.25) is 0 Å². The molecule has 6 nitrogen and oxygen atoms in total. The topological polar surface area (TPSA) is 71.3 Å². The number of hydrogen-bond acceptors (Lipinski definition) is 5. The van der Waals surface area contributed by atoms with Crippen LogP contribution in [0.3, 0.4) is 0 Å². The van der Waals surface area contributed by atoms with Gasteiger partial charge in [-0.2, -0.15) is 0 Å². The predicted octanol–water partition coefficient (Wildman–Crippen LogP) is 1.86. The fourth-order valence-electron chi connectivity index (χ4n) is 2.01. The Bertz CT molecular complexity index is 476. The molecule has 0 saturated carbocycles. The van der Waals surface area contributed by atoms with E-state index in [1.54, 1.807) is 6.92 Å². The molecule has 0 amide bonds. The molecule has 0 aromatic carbocycles. The van der Waals surface area contributed by atoms with E-state index in [1.807, 2.05) is 0 Å². The predicted molar refractivity (Wildman–Crippen MR) is 73.0 cm³/mol. The van der Waals surface area contributed by atoms with Crippen molar-refractivity contribution >= 4 is 27.4 Å². The lowest BCUT2D eigenvalue weighted by atomic mass is 10.1. The van der Waals surface area contributed by atoms with Crippen molar-refractivity contribution in [2.45, 2.75) is 19.9 Å². The number of hydrogen-bond donors (Lipinski definition) is 1. The van der Waals surface area contributed by atoms with Crippen LogP contribution in [-0.4, -0.2) is 35.6 Å². The standard InChI is InChI=1S/C11H15BrN4O2/c1-3-15(8-4-13-5-8)11-10(12)7(2)9(6-14-11)16(17)18/h6,8,13H,3-5H2,1-2H3. The molecule has 1 aromatic heterocycles. The summed E-state index contributed by atoms with van der Waals surface area (Å²) in [4.78, 5) is 16.9. The van der Waals surface area contributed by atoms with Crippen LogP contribution in [0.5, 0.6) is 0 Å². The molecule has 1 saturated heterocycles.